The van der Waals surface area contributed by atoms with E-state index in [0.29, 0.717) is 11.7 Å². The summed E-state index contributed by atoms with van der Waals surface area (Å²) in [5.74, 6) is 0.859. The molecule has 0 spiro atoms. The van der Waals surface area contributed by atoms with Crippen molar-refractivity contribution < 1.29 is 4.79 Å². The molecule has 1 aliphatic carbocycles. The zero-order valence-corrected chi connectivity index (χ0v) is 11.3. The summed E-state index contributed by atoms with van der Waals surface area (Å²) in [6.45, 7) is 3.04. The summed E-state index contributed by atoms with van der Waals surface area (Å²) in [4.78, 5) is 17.1. The molecule has 2 aliphatic rings. The van der Waals surface area contributed by atoms with Crippen LogP contribution in [0.4, 0.5) is 0 Å². The minimum atomic E-state index is 0.150. The highest BCUT2D eigenvalue weighted by molar-refractivity contribution is 5.86. The molecule has 0 amide bonds. The highest BCUT2D eigenvalue weighted by atomic mass is 16.1. The van der Waals surface area contributed by atoms with Gasteiger partial charge in [0.05, 0.1) is 6.04 Å². The lowest BCUT2D eigenvalue weighted by atomic mass is 9.89. The van der Waals surface area contributed by atoms with Crippen molar-refractivity contribution in [1.82, 2.24) is 9.80 Å². The van der Waals surface area contributed by atoms with E-state index in [1.165, 1.54) is 25.7 Å². The van der Waals surface area contributed by atoms with E-state index in [0.717, 1.165) is 32.5 Å². The molecule has 3 nitrogen and oxygen atoms in total. The smallest absolute Gasteiger partial charge is 0.154 e. The van der Waals surface area contributed by atoms with Gasteiger partial charge in [0.1, 0.15) is 0 Å². The third-order valence-electron chi connectivity index (χ3n) is 4.44. The lowest BCUT2D eigenvalue weighted by Crippen LogP contribution is -2.54. The first kappa shape index (κ1) is 13.0. The van der Waals surface area contributed by atoms with Gasteiger partial charge in [0, 0.05) is 25.6 Å². The van der Waals surface area contributed by atoms with Crippen LogP contribution in [0.1, 0.15) is 38.5 Å². The number of ketones is 1. The van der Waals surface area contributed by atoms with Crippen molar-refractivity contribution in [2.24, 2.45) is 5.92 Å². The molecule has 1 saturated heterocycles. The third-order valence-corrected chi connectivity index (χ3v) is 4.44. The summed E-state index contributed by atoms with van der Waals surface area (Å²) in [6, 6.07) is 0.150. The summed E-state index contributed by atoms with van der Waals surface area (Å²) >= 11 is 0. The SMILES string of the molecule is CN1CCN(C)C(C(=O)C2CCCCCC2)C1. The Kier molecular flexibility index (Phi) is 4.57. The van der Waals surface area contributed by atoms with Crippen LogP contribution in [0.5, 0.6) is 0 Å². The van der Waals surface area contributed by atoms with Crippen molar-refractivity contribution in [2.75, 3.05) is 33.7 Å². The highest BCUT2D eigenvalue weighted by Crippen LogP contribution is 2.26. The minimum Gasteiger partial charge on any atom is -0.303 e. The summed E-state index contributed by atoms with van der Waals surface area (Å²) in [6.07, 6.45) is 7.42. The Morgan fingerprint density at radius 1 is 1.00 bits per heavy atom. The number of hydrogen-bond acceptors (Lipinski definition) is 3. The quantitative estimate of drug-likeness (QED) is 0.685. The third kappa shape index (κ3) is 3.29. The van der Waals surface area contributed by atoms with Crippen LogP contribution in [-0.4, -0.2) is 55.4 Å². The maximum atomic E-state index is 12.6. The van der Waals surface area contributed by atoms with Gasteiger partial charge in [-0.2, -0.15) is 0 Å². The Hall–Kier alpha value is -0.410. The summed E-state index contributed by atoms with van der Waals surface area (Å²) in [5, 5.41) is 0. The molecule has 0 N–H and O–H groups in total. The first-order valence-corrected chi connectivity index (χ1v) is 7.11. The van der Waals surface area contributed by atoms with Crippen LogP contribution < -0.4 is 0 Å². The van der Waals surface area contributed by atoms with Crippen LogP contribution in [0.2, 0.25) is 0 Å². The van der Waals surface area contributed by atoms with Gasteiger partial charge in [-0.25, -0.2) is 0 Å². The van der Waals surface area contributed by atoms with Crippen LogP contribution in [-0.2, 0) is 4.79 Å². The molecular formula is C14H26N2O. The van der Waals surface area contributed by atoms with E-state index >= 15 is 0 Å². The first-order chi connectivity index (χ1) is 8.18. The normalized spacial score (nSPS) is 30.1. The van der Waals surface area contributed by atoms with E-state index in [2.05, 4.69) is 23.9 Å². The molecule has 0 aromatic heterocycles. The predicted molar refractivity (Wildman–Crippen MR) is 70.1 cm³/mol. The standard InChI is InChI=1S/C14H26N2O/c1-15-9-10-16(2)13(11-15)14(17)12-7-5-3-4-6-8-12/h12-13H,3-11H2,1-2H3. The average molecular weight is 238 g/mol. The van der Waals surface area contributed by atoms with Gasteiger partial charge in [-0.05, 0) is 26.9 Å². The van der Waals surface area contributed by atoms with Crippen molar-refractivity contribution >= 4 is 5.78 Å². The highest BCUT2D eigenvalue weighted by Gasteiger charge is 2.32. The monoisotopic (exact) mass is 238 g/mol. The van der Waals surface area contributed by atoms with E-state index in [-0.39, 0.29) is 6.04 Å². The van der Waals surface area contributed by atoms with Crippen LogP contribution >= 0.6 is 0 Å². The molecule has 1 atom stereocenters. The van der Waals surface area contributed by atoms with Crippen LogP contribution in [0.15, 0.2) is 0 Å². The lowest BCUT2D eigenvalue weighted by Gasteiger charge is -2.38. The van der Waals surface area contributed by atoms with Gasteiger partial charge in [-0.15, -0.1) is 0 Å². The molecule has 0 bridgehead atoms. The van der Waals surface area contributed by atoms with E-state index < -0.39 is 0 Å². The van der Waals surface area contributed by atoms with Gasteiger partial charge < -0.3 is 4.90 Å². The fourth-order valence-corrected chi connectivity index (χ4v) is 3.15. The number of Topliss-reactive ketones (excluding diaryl/α,β-unsaturated/α-hetero) is 1. The number of hydrogen-bond donors (Lipinski definition) is 0. The van der Waals surface area contributed by atoms with Crippen molar-refractivity contribution in [3.63, 3.8) is 0 Å². The molecule has 2 fully saturated rings. The predicted octanol–water partition coefficient (Wildman–Crippen LogP) is 1.77. The topological polar surface area (TPSA) is 23.6 Å². The van der Waals surface area contributed by atoms with Crippen molar-refractivity contribution in [1.29, 1.82) is 0 Å². The van der Waals surface area contributed by atoms with Crippen LogP contribution in [0.3, 0.4) is 0 Å². The molecule has 0 aromatic rings. The van der Waals surface area contributed by atoms with Gasteiger partial charge in [-0.1, -0.05) is 25.7 Å². The number of carbonyl (C=O) groups excluding carboxylic acids is 1. The number of nitrogens with zero attached hydrogens (tertiary/aromatic N) is 2. The number of rotatable bonds is 2. The zero-order valence-electron chi connectivity index (χ0n) is 11.3. The van der Waals surface area contributed by atoms with Gasteiger partial charge >= 0.3 is 0 Å². The van der Waals surface area contributed by atoms with Gasteiger partial charge in [0.15, 0.2) is 5.78 Å². The van der Waals surface area contributed by atoms with E-state index in [1.54, 1.807) is 0 Å². The second kappa shape index (κ2) is 5.96. The Balaban J connectivity index is 1.96. The number of piperazine rings is 1. The molecule has 2 rings (SSSR count). The molecule has 98 valence electrons. The maximum absolute atomic E-state index is 12.6. The molecular weight excluding hydrogens is 212 g/mol. The lowest BCUT2D eigenvalue weighted by molar-refractivity contribution is -0.130. The number of carbonyl (C=O) groups is 1. The largest absolute Gasteiger partial charge is 0.303 e. The summed E-state index contributed by atoms with van der Waals surface area (Å²) in [7, 11) is 4.23. The van der Waals surface area contributed by atoms with E-state index in [9.17, 15) is 4.79 Å². The van der Waals surface area contributed by atoms with Crippen molar-refractivity contribution in [3.8, 4) is 0 Å². The Labute approximate surface area is 105 Å². The summed E-state index contributed by atoms with van der Waals surface area (Å²) < 4.78 is 0. The van der Waals surface area contributed by atoms with Crippen LogP contribution in [0, 0.1) is 5.92 Å². The molecule has 1 heterocycles. The van der Waals surface area contributed by atoms with Gasteiger partial charge in [0.25, 0.3) is 0 Å². The molecule has 1 saturated carbocycles. The first-order valence-electron chi connectivity index (χ1n) is 7.11. The Morgan fingerprint density at radius 2 is 1.65 bits per heavy atom. The van der Waals surface area contributed by atoms with Gasteiger partial charge in [0.2, 0.25) is 0 Å². The van der Waals surface area contributed by atoms with E-state index in [1.807, 2.05) is 0 Å². The minimum absolute atomic E-state index is 0.150. The van der Waals surface area contributed by atoms with Gasteiger partial charge in [-0.3, -0.25) is 9.69 Å². The van der Waals surface area contributed by atoms with Crippen molar-refractivity contribution in [3.05, 3.63) is 0 Å². The van der Waals surface area contributed by atoms with Crippen molar-refractivity contribution in [2.45, 2.75) is 44.6 Å². The molecule has 0 radical (unpaired) electrons. The van der Waals surface area contributed by atoms with Crippen LogP contribution in [0.25, 0.3) is 0 Å². The fraction of sp³-hybridized carbons (Fsp3) is 0.929. The van der Waals surface area contributed by atoms with E-state index in [4.69, 9.17) is 0 Å². The molecule has 3 heteroatoms. The second-order valence-corrected chi connectivity index (χ2v) is 5.85. The Morgan fingerprint density at radius 3 is 2.29 bits per heavy atom. The Bertz CT molecular complexity index is 259. The molecule has 0 aromatic carbocycles. The second-order valence-electron chi connectivity index (χ2n) is 5.85. The fourth-order valence-electron chi connectivity index (χ4n) is 3.15. The number of likely N-dealkylation sites (N-methyl/N-ethyl adjacent to an activating group) is 2. The average Bonchev–Trinajstić information content (AvgIpc) is 2.60. The zero-order chi connectivity index (χ0) is 12.3. The molecule has 17 heavy (non-hydrogen) atoms. The molecule has 1 aliphatic heterocycles. The maximum Gasteiger partial charge on any atom is 0.154 e. The summed E-state index contributed by atoms with van der Waals surface area (Å²) in [5.41, 5.74) is 0. The molecule has 1 unspecified atom stereocenters.